The van der Waals surface area contributed by atoms with Gasteiger partial charge in [-0.25, -0.2) is 4.68 Å². The van der Waals surface area contributed by atoms with Crippen molar-refractivity contribution >= 4 is 5.91 Å². The maximum atomic E-state index is 12.5. The van der Waals surface area contributed by atoms with Gasteiger partial charge in [0.2, 0.25) is 0 Å². The van der Waals surface area contributed by atoms with Crippen molar-refractivity contribution in [2.75, 3.05) is 0 Å². The zero-order valence-electron chi connectivity index (χ0n) is 15.2. The first-order valence-electron chi connectivity index (χ1n) is 8.60. The van der Waals surface area contributed by atoms with Crippen molar-refractivity contribution in [1.29, 1.82) is 0 Å². The lowest BCUT2D eigenvalue weighted by Gasteiger charge is -2.13. The normalized spacial score (nSPS) is 13.2. The number of carbonyl (C=O) groups is 1. The molecule has 6 nitrogen and oxygen atoms in total. The number of rotatable bonds is 5. The van der Waals surface area contributed by atoms with Crippen LogP contribution in [0.4, 0.5) is 0 Å². The fourth-order valence-corrected chi connectivity index (χ4v) is 2.74. The van der Waals surface area contributed by atoms with Gasteiger partial charge in [0.05, 0.1) is 17.9 Å². The van der Waals surface area contributed by atoms with Crippen molar-refractivity contribution in [3.63, 3.8) is 0 Å². The van der Waals surface area contributed by atoms with Crippen LogP contribution in [0.25, 0.3) is 5.69 Å². The molecule has 0 spiro atoms. The first-order valence-corrected chi connectivity index (χ1v) is 8.60. The van der Waals surface area contributed by atoms with Gasteiger partial charge in [-0.1, -0.05) is 47.7 Å². The van der Waals surface area contributed by atoms with Gasteiger partial charge in [0.25, 0.3) is 5.91 Å². The third kappa shape index (κ3) is 3.81. The number of aryl methyl sites for hydroxylation is 1. The van der Waals surface area contributed by atoms with E-state index in [1.807, 2.05) is 69.3 Å². The largest absolute Gasteiger partial charge is 0.344 e. The van der Waals surface area contributed by atoms with Gasteiger partial charge >= 0.3 is 0 Å². The van der Waals surface area contributed by atoms with E-state index in [2.05, 4.69) is 15.6 Å². The van der Waals surface area contributed by atoms with E-state index in [0.717, 1.165) is 22.4 Å². The van der Waals surface area contributed by atoms with Gasteiger partial charge < -0.3 is 11.1 Å². The van der Waals surface area contributed by atoms with E-state index in [9.17, 15) is 4.79 Å². The Hall–Kier alpha value is -2.99. The molecule has 0 fully saturated rings. The van der Waals surface area contributed by atoms with Crippen LogP contribution in [0.1, 0.15) is 53.1 Å². The number of nitrogens with one attached hydrogen (secondary N) is 1. The quantitative estimate of drug-likeness (QED) is 0.741. The molecule has 3 N–H and O–H groups in total. The topological polar surface area (TPSA) is 85.8 Å². The molecule has 6 heteroatoms. The van der Waals surface area contributed by atoms with Crippen LogP contribution in [0, 0.1) is 6.92 Å². The second kappa shape index (κ2) is 7.49. The number of nitrogens with zero attached hydrogens (tertiary/aromatic N) is 3. The molecule has 26 heavy (non-hydrogen) atoms. The summed E-state index contributed by atoms with van der Waals surface area (Å²) in [5.41, 5.74) is 10.2. The van der Waals surface area contributed by atoms with E-state index < -0.39 is 0 Å². The van der Waals surface area contributed by atoms with Crippen molar-refractivity contribution < 1.29 is 4.79 Å². The van der Waals surface area contributed by atoms with Crippen LogP contribution >= 0.6 is 0 Å². The Labute approximate surface area is 153 Å². The molecule has 0 aliphatic rings. The zero-order valence-corrected chi connectivity index (χ0v) is 15.2. The highest BCUT2D eigenvalue weighted by atomic mass is 16.2. The molecule has 1 amide bonds. The van der Waals surface area contributed by atoms with Gasteiger partial charge in [0.15, 0.2) is 5.69 Å². The Morgan fingerprint density at radius 1 is 1.12 bits per heavy atom. The maximum Gasteiger partial charge on any atom is 0.273 e. The van der Waals surface area contributed by atoms with Crippen LogP contribution in [-0.4, -0.2) is 20.9 Å². The molecule has 2 aromatic carbocycles. The van der Waals surface area contributed by atoms with Gasteiger partial charge in [0.1, 0.15) is 0 Å². The van der Waals surface area contributed by atoms with E-state index >= 15 is 0 Å². The van der Waals surface area contributed by atoms with E-state index in [-0.39, 0.29) is 23.7 Å². The smallest absolute Gasteiger partial charge is 0.273 e. The predicted octanol–water partition coefficient (Wildman–Crippen LogP) is 3.09. The van der Waals surface area contributed by atoms with Crippen LogP contribution in [0.15, 0.2) is 54.7 Å². The molecule has 3 aromatic rings. The Morgan fingerprint density at radius 3 is 2.54 bits per heavy atom. The van der Waals surface area contributed by atoms with Crippen LogP contribution in [-0.2, 0) is 0 Å². The summed E-state index contributed by atoms with van der Waals surface area (Å²) in [5.74, 6) is -0.256. The van der Waals surface area contributed by atoms with E-state index in [0.29, 0.717) is 0 Å². The molecule has 0 aliphatic heterocycles. The molecule has 0 bridgehead atoms. The molecule has 2 unspecified atom stereocenters. The summed E-state index contributed by atoms with van der Waals surface area (Å²) in [6, 6.07) is 15.6. The first kappa shape index (κ1) is 17.8. The summed E-state index contributed by atoms with van der Waals surface area (Å²) < 4.78 is 1.61. The van der Waals surface area contributed by atoms with E-state index in [1.165, 1.54) is 0 Å². The van der Waals surface area contributed by atoms with Gasteiger partial charge in [-0.2, -0.15) is 0 Å². The Bertz CT molecular complexity index is 902. The minimum atomic E-state index is -0.256. The molecule has 1 aromatic heterocycles. The average Bonchev–Trinajstić information content (AvgIpc) is 3.12. The van der Waals surface area contributed by atoms with Crippen molar-refractivity contribution in [2.45, 2.75) is 32.9 Å². The highest BCUT2D eigenvalue weighted by Gasteiger charge is 2.16. The molecule has 0 saturated carbocycles. The number of hydrogen-bond acceptors (Lipinski definition) is 4. The highest BCUT2D eigenvalue weighted by molar-refractivity contribution is 5.92. The molecular formula is C20H23N5O. The third-order valence-corrected chi connectivity index (χ3v) is 4.38. The van der Waals surface area contributed by atoms with Crippen molar-refractivity contribution in [1.82, 2.24) is 20.3 Å². The average molecular weight is 349 g/mol. The number of amides is 1. The standard InChI is InChI=1S/C20H23N5O/c1-13-9-10-17(14(2)21)11-19(13)25-12-18(23-24-25)20(26)22-15(3)16-7-5-4-6-8-16/h4-12,14-15H,21H2,1-3H3,(H,22,26). The summed E-state index contributed by atoms with van der Waals surface area (Å²) in [4.78, 5) is 12.5. The SMILES string of the molecule is Cc1ccc(C(C)N)cc1-n1cc(C(=O)NC(C)c2ccccc2)nn1. The summed E-state index contributed by atoms with van der Waals surface area (Å²) in [6.07, 6.45) is 1.64. The summed E-state index contributed by atoms with van der Waals surface area (Å²) >= 11 is 0. The lowest BCUT2D eigenvalue weighted by Crippen LogP contribution is -2.26. The van der Waals surface area contributed by atoms with Crippen molar-refractivity contribution in [3.05, 3.63) is 77.1 Å². The molecule has 0 aliphatic carbocycles. The fourth-order valence-electron chi connectivity index (χ4n) is 2.74. The minimum Gasteiger partial charge on any atom is -0.344 e. The van der Waals surface area contributed by atoms with Gasteiger partial charge in [0, 0.05) is 6.04 Å². The molecular weight excluding hydrogens is 326 g/mol. The maximum absolute atomic E-state index is 12.5. The minimum absolute atomic E-state index is 0.0765. The second-order valence-corrected chi connectivity index (χ2v) is 6.49. The Morgan fingerprint density at radius 2 is 1.85 bits per heavy atom. The predicted molar refractivity (Wildman–Crippen MR) is 101 cm³/mol. The van der Waals surface area contributed by atoms with Crippen LogP contribution < -0.4 is 11.1 Å². The van der Waals surface area contributed by atoms with Crippen LogP contribution in [0.5, 0.6) is 0 Å². The highest BCUT2D eigenvalue weighted by Crippen LogP contribution is 2.19. The molecule has 3 rings (SSSR count). The molecule has 134 valence electrons. The summed E-state index contributed by atoms with van der Waals surface area (Å²) in [7, 11) is 0. The number of benzene rings is 2. The molecule has 2 atom stereocenters. The fraction of sp³-hybridized carbons (Fsp3) is 0.250. The third-order valence-electron chi connectivity index (χ3n) is 4.38. The number of nitrogens with two attached hydrogens (primary N) is 1. The summed E-state index contributed by atoms with van der Waals surface area (Å²) in [6.45, 7) is 5.85. The van der Waals surface area contributed by atoms with Gasteiger partial charge in [-0.3, -0.25) is 4.79 Å². The molecule has 1 heterocycles. The number of carbonyl (C=O) groups excluding carboxylic acids is 1. The van der Waals surface area contributed by atoms with Gasteiger partial charge in [-0.15, -0.1) is 5.10 Å². The Kier molecular flexibility index (Phi) is 5.14. The zero-order chi connectivity index (χ0) is 18.7. The lowest BCUT2D eigenvalue weighted by molar-refractivity contribution is 0.0934. The lowest BCUT2D eigenvalue weighted by atomic mass is 10.1. The molecule has 0 radical (unpaired) electrons. The molecule has 0 saturated heterocycles. The van der Waals surface area contributed by atoms with Crippen LogP contribution in [0.2, 0.25) is 0 Å². The Balaban J connectivity index is 1.79. The van der Waals surface area contributed by atoms with E-state index in [4.69, 9.17) is 5.73 Å². The number of hydrogen-bond donors (Lipinski definition) is 2. The van der Waals surface area contributed by atoms with Crippen LogP contribution in [0.3, 0.4) is 0 Å². The summed E-state index contributed by atoms with van der Waals surface area (Å²) in [5, 5.41) is 11.1. The second-order valence-electron chi connectivity index (χ2n) is 6.49. The monoisotopic (exact) mass is 349 g/mol. The number of aromatic nitrogens is 3. The van der Waals surface area contributed by atoms with Crippen molar-refractivity contribution in [2.24, 2.45) is 5.73 Å². The van der Waals surface area contributed by atoms with E-state index in [1.54, 1.807) is 10.9 Å². The first-order chi connectivity index (χ1) is 12.5. The van der Waals surface area contributed by atoms with Gasteiger partial charge in [-0.05, 0) is 43.5 Å². The van der Waals surface area contributed by atoms with Crippen molar-refractivity contribution in [3.8, 4) is 5.69 Å².